The van der Waals surface area contributed by atoms with E-state index in [9.17, 15) is 13.5 Å². The SMILES string of the molecule is CC(C)(C)[Si](C)(C)O[C@H]1CC[C@H](O)[C@@H]2C[C@]3(C)O[C@]12[C@H]1OS(=O)(=O)O[C@H]13. The Morgan fingerprint density at radius 1 is 1.15 bits per heavy atom. The van der Waals surface area contributed by atoms with Crippen molar-refractivity contribution in [2.75, 3.05) is 0 Å². The van der Waals surface area contributed by atoms with Gasteiger partial charge in [0.05, 0.1) is 17.8 Å². The molecule has 0 unspecified atom stereocenters. The van der Waals surface area contributed by atoms with E-state index in [2.05, 4.69) is 33.9 Å². The van der Waals surface area contributed by atoms with Gasteiger partial charge in [0.1, 0.15) is 17.8 Å². The van der Waals surface area contributed by atoms with Crippen LogP contribution in [0.4, 0.5) is 0 Å². The minimum atomic E-state index is -4.04. The summed E-state index contributed by atoms with van der Waals surface area (Å²) in [4.78, 5) is 0. The van der Waals surface area contributed by atoms with Gasteiger partial charge in [-0.1, -0.05) is 20.8 Å². The fraction of sp³-hybridized carbons (Fsp3) is 1.00. The Morgan fingerprint density at radius 3 is 2.38 bits per heavy atom. The van der Waals surface area contributed by atoms with E-state index in [-0.39, 0.29) is 17.1 Å². The molecule has 0 aromatic heterocycles. The highest BCUT2D eigenvalue weighted by molar-refractivity contribution is 7.82. The minimum absolute atomic E-state index is 0.00816. The van der Waals surface area contributed by atoms with E-state index in [4.69, 9.17) is 17.5 Å². The summed E-state index contributed by atoms with van der Waals surface area (Å²) in [5.41, 5.74) is -1.77. The second-order valence-corrected chi connectivity index (χ2v) is 16.0. The molecule has 150 valence electrons. The monoisotopic (exact) mass is 406 g/mol. The Kier molecular flexibility index (Phi) is 3.94. The summed E-state index contributed by atoms with van der Waals surface area (Å²) >= 11 is 0. The normalized spacial score (nSPS) is 49.9. The van der Waals surface area contributed by atoms with Crippen molar-refractivity contribution in [3.8, 4) is 0 Å². The number of aliphatic hydroxyl groups is 1. The van der Waals surface area contributed by atoms with E-state index in [1.54, 1.807) is 0 Å². The molecule has 0 radical (unpaired) electrons. The van der Waals surface area contributed by atoms with Crippen molar-refractivity contribution in [3.05, 3.63) is 0 Å². The first-order valence-corrected chi connectivity index (χ1v) is 13.6. The number of hydrogen-bond acceptors (Lipinski definition) is 7. The molecule has 0 aromatic rings. The van der Waals surface area contributed by atoms with Gasteiger partial charge in [-0.15, -0.1) is 0 Å². The number of fused-ring (bicyclic) bond motifs is 3. The summed E-state index contributed by atoms with van der Waals surface area (Å²) in [6.07, 6.45) is -0.524. The van der Waals surface area contributed by atoms with Gasteiger partial charge >= 0.3 is 10.4 Å². The van der Waals surface area contributed by atoms with E-state index < -0.39 is 48.2 Å². The molecule has 26 heavy (non-hydrogen) atoms. The van der Waals surface area contributed by atoms with E-state index in [0.29, 0.717) is 19.3 Å². The Labute approximate surface area is 156 Å². The smallest absolute Gasteiger partial charge is 0.400 e. The molecule has 3 heterocycles. The van der Waals surface area contributed by atoms with Crippen LogP contribution < -0.4 is 0 Å². The molecule has 3 saturated heterocycles. The fourth-order valence-corrected chi connectivity index (χ4v) is 7.50. The number of hydrogen-bond donors (Lipinski definition) is 1. The molecular formula is C17H30O7SSi. The van der Waals surface area contributed by atoms with Gasteiger partial charge in [-0.2, -0.15) is 8.42 Å². The zero-order chi connectivity index (χ0) is 19.3. The second-order valence-electron chi connectivity index (χ2n) is 10.0. The summed E-state index contributed by atoms with van der Waals surface area (Å²) in [6.45, 7) is 12.7. The lowest BCUT2D eigenvalue weighted by molar-refractivity contribution is -0.180. The van der Waals surface area contributed by atoms with Crippen LogP contribution in [0.25, 0.3) is 0 Å². The van der Waals surface area contributed by atoms with Crippen molar-refractivity contribution >= 4 is 18.7 Å². The molecule has 3 aliphatic heterocycles. The second kappa shape index (κ2) is 5.31. The largest absolute Gasteiger partial charge is 0.411 e. The van der Waals surface area contributed by atoms with E-state index in [1.807, 2.05) is 6.92 Å². The van der Waals surface area contributed by atoms with Gasteiger partial charge in [-0.3, -0.25) is 0 Å². The molecule has 4 fully saturated rings. The first kappa shape index (κ1) is 19.3. The third-order valence-electron chi connectivity index (χ3n) is 7.31. The molecule has 7 nitrogen and oxygen atoms in total. The maximum absolute atomic E-state index is 12.0. The van der Waals surface area contributed by atoms with E-state index in [0.717, 1.165) is 0 Å². The van der Waals surface area contributed by atoms with Crippen LogP contribution in [0.1, 0.15) is 47.0 Å². The molecule has 4 aliphatic rings. The zero-order valence-corrected chi connectivity index (χ0v) is 18.1. The molecule has 0 amide bonds. The molecule has 1 aliphatic carbocycles. The van der Waals surface area contributed by atoms with Gasteiger partial charge in [0.25, 0.3) is 0 Å². The highest BCUT2D eigenvalue weighted by atomic mass is 32.3. The Balaban J connectivity index is 1.76. The van der Waals surface area contributed by atoms with Crippen molar-refractivity contribution in [1.29, 1.82) is 0 Å². The summed E-state index contributed by atoms with van der Waals surface area (Å²) in [5.74, 6) is -0.214. The predicted molar refractivity (Wildman–Crippen MR) is 96.3 cm³/mol. The minimum Gasteiger partial charge on any atom is -0.411 e. The predicted octanol–water partition coefficient (Wildman–Crippen LogP) is 2.11. The maximum atomic E-state index is 12.0. The summed E-state index contributed by atoms with van der Waals surface area (Å²) in [5, 5.41) is 10.7. The van der Waals surface area contributed by atoms with Crippen molar-refractivity contribution in [2.45, 2.75) is 101 Å². The average molecular weight is 407 g/mol. The van der Waals surface area contributed by atoms with Crippen LogP contribution >= 0.6 is 0 Å². The summed E-state index contributed by atoms with van der Waals surface area (Å²) < 4.78 is 47.8. The molecule has 4 rings (SSSR count). The summed E-state index contributed by atoms with van der Waals surface area (Å²) in [6, 6.07) is 0. The van der Waals surface area contributed by atoms with Crippen molar-refractivity contribution < 1.29 is 31.1 Å². The molecular weight excluding hydrogens is 376 g/mol. The topological polar surface area (TPSA) is 91.3 Å². The molecule has 1 saturated carbocycles. The van der Waals surface area contributed by atoms with Crippen LogP contribution in [0.3, 0.4) is 0 Å². The van der Waals surface area contributed by atoms with Crippen LogP contribution in [0, 0.1) is 5.92 Å². The van der Waals surface area contributed by atoms with Crippen molar-refractivity contribution in [1.82, 2.24) is 0 Å². The first-order chi connectivity index (χ1) is 11.7. The lowest BCUT2D eigenvalue weighted by Crippen LogP contribution is -2.65. The van der Waals surface area contributed by atoms with Crippen molar-refractivity contribution in [3.63, 3.8) is 0 Å². The van der Waals surface area contributed by atoms with Gasteiger partial charge in [0.15, 0.2) is 8.32 Å². The van der Waals surface area contributed by atoms with Crippen molar-refractivity contribution in [2.24, 2.45) is 5.92 Å². The number of aliphatic hydroxyl groups excluding tert-OH is 1. The third kappa shape index (κ3) is 2.44. The first-order valence-electron chi connectivity index (χ1n) is 9.39. The van der Waals surface area contributed by atoms with Gasteiger partial charge in [-0.25, -0.2) is 8.37 Å². The van der Waals surface area contributed by atoms with Crippen LogP contribution in [0.2, 0.25) is 18.1 Å². The Morgan fingerprint density at radius 2 is 1.77 bits per heavy atom. The molecule has 0 aromatic carbocycles. The van der Waals surface area contributed by atoms with E-state index >= 15 is 0 Å². The van der Waals surface area contributed by atoms with E-state index in [1.165, 1.54) is 0 Å². The molecule has 9 heteroatoms. The van der Waals surface area contributed by atoms with Crippen LogP contribution in [0.15, 0.2) is 0 Å². The van der Waals surface area contributed by atoms with Gasteiger partial charge < -0.3 is 14.3 Å². The molecule has 1 N–H and O–H groups in total. The molecule has 7 atom stereocenters. The maximum Gasteiger partial charge on any atom is 0.400 e. The third-order valence-corrected chi connectivity index (χ3v) is 12.7. The van der Waals surface area contributed by atoms with Crippen LogP contribution in [-0.2, 0) is 27.9 Å². The quantitative estimate of drug-likeness (QED) is 0.702. The number of ether oxygens (including phenoxy) is 1. The average Bonchev–Trinajstić information content (AvgIpc) is 3.04. The van der Waals surface area contributed by atoms with Crippen LogP contribution in [-0.4, -0.2) is 57.5 Å². The van der Waals surface area contributed by atoms with Crippen LogP contribution in [0.5, 0.6) is 0 Å². The highest BCUT2D eigenvalue weighted by Crippen LogP contribution is 2.64. The lowest BCUT2D eigenvalue weighted by atomic mass is 9.62. The zero-order valence-electron chi connectivity index (χ0n) is 16.3. The summed E-state index contributed by atoms with van der Waals surface area (Å²) in [7, 11) is -6.17. The lowest BCUT2D eigenvalue weighted by Gasteiger charge is -2.51. The van der Waals surface area contributed by atoms with Gasteiger partial charge in [0.2, 0.25) is 0 Å². The molecule has 1 spiro atoms. The Bertz CT molecular complexity index is 717. The number of rotatable bonds is 2. The Hall–Kier alpha value is -0.0331. The van der Waals surface area contributed by atoms with Gasteiger partial charge in [0, 0.05) is 5.92 Å². The standard InChI is InChI=1S/C17H30O7SSi/c1-15(2,3)26(5,6)23-12-8-7-11(18)10-9-16(4)13-14(17(10,12)24-16)22-25(19,20)21-13/h10-14,18H,7-9H2,1-6H3/t10-,11-,12-,13+,14-,16-,17-/m0/s1. The highest BCUT2D eigenvalue weighted by Gasteiger charge is 2.79. The van der Waals surface area contributed by atoms with Gasteiger partial charge in [-0.05, 0) is 44.3 Å². The molecule has 2 bridgehead atoms. The fourth-order valence-electron chi connectivity index (χ4n) is 5.03.